The summed E-state index contributed by atoms with van der Waals surface area (Å²) in [7, 11) is -0.257. The number of nitrogens with zero attached hydrogens (tertiary/aromatic N) is 2. The monoisotopic (exact) mass is 476 g/mol. The van der Waals surface area contributed by atoms with Crippen molar-refractivity contribution in [3.8, 4) is 34.6 Å². The Morgan fingerprint density at radius 1 is 1.03 bits per heavy atom. The van der Waals surface area contributed by atoms with E-state index in [2.05, 4.69) is 45.8 Å². The molecule has 3 aromatic rings. The maximum atomic E-state index is 15.0. The molecule has 0 fully saturated rings. The predicted molar refractivity (Wildman–Crippen MR) is 120 cm³/mol. The molecule has 0 aliphatic carbocycles. The molecule has 0 bridgehead atoms. The highest BCUT2D eigenvalue weighted by Gasteiger charge is 2.16. The van der Waals surface area contributed by atoms with Crippen molar-refractivity contribution in [3.05, 3.63) is 48.0 Å². The fourth-order valence-corrected chi connectivity index (χ4v) is 3.24. The lowest BCUT2D eigenvalue weighted by Gasteiger charge is -2.14. The first-order valence-corrected chi connectivity index (χ1v) is 13.5. The van der Waals surface area contributed by atoms with E-state index in [0.717, 1.165) is 0 Å². The van der Waals surface area contributed by atoms with Crippen LogP contribution in [0.5, 0.6) is 23.1 Å². The van der Waals surface area contributed by atoms with E-state index in [1.54, 1.807) is 24.3 Å². The Labute approximate surface area is 190 Å². The second-order valence-electron chi connectivity index (χ2n) is 7.90. The van der Waals surface area contributed by atoms with E-state index in [1.165, 1.54) is 19.5 Å². The van der Waals surface area contributed by atoms with Crippen molar-refractivity contribution in [1.82, 2.24) is 9.97 Å². The summed E-state index contributed by atoms with van der Waals surface area (Å²) < 4.78 is 60.1. The second-order valence-corrected chi connectivity index (χ2v) is 12.6. The molecule has 0 amide bonds. The van der Waals surface area contributed by atoms with Crippen molar-refractivity contribution in [3.63, 3.8) is 0 Å². The summed E-state index contributed by atoms with van der Waals surface area (Å²) in [6.45, 7) is 2.87. The summed E-state index contributed by atoms with van der Waals surface area (Å²) in [6, 6.07) is 7.84. The zero-order valence-electron chi connectivity index (χ0n) is 18.6. The van der Waals surface area contributed by atoms with Gasteiger partial charge in [0.05, 0.1) is 30.2 Å². The third-order valence-electron chi connectivity index (χ3n) is 4.21. The second kappa shape index (κ2) is 10.5. The quantitative estimate of drug-likeness (QED) is 0.246. The van der Waals surface area contributed by atoms with Gasteiger partial charge < -0.3 is 18.9 Å². The topological polar surface area (TPSA) is 62.7 Å². The number of rotatable bonds is 8. The van der Waals surface area contributed by atoms with Gasteiger partial charge in [-0.3, -0.25) is 0 Å². The largest absolute Gasteiger partial charge is 0.493 e. The molecule has 1 heterocycles. The minimum atomic E-state index is -2.89. The molecule has 0 aliphatic heterocycles. The first-order valence-electron chi connectivity index (χ1n) is 10.0. The molecule has 3 rings (SSSR count). The van der Waals surface area contributed by atoms with E-state index in [0.29, 0.717) is 16.7 Å². The van der Waals surface area contributed by atoms with Crippen molar-refractivity contribution in [2.75, 3.05) is 20.3 Å². The minimum absolute atomic E-state index is 0.0407. The van der Waals surface area contributed by atoms with Gasteiger partial charge in [-0.2, -0.15) is 8.78 Å². The Hall–Kier alpha value is -3.29. The summed E-state index contributed by atoms with van der Waals surface area (Å²) >= 11 is 0. The zero-order chi connectivity index (χ0) is 24.0. The van der Waals surface area contributed by atoms with E-state index >= 15 is 4.39 Å². The normalized spacial score (nSPS) is 11.3. The lowest BCUT2D eigenvalue weighted by atomic mass is 10.2. The lowest BCUT2D eigenvalue weighted by molar-refractivity contribution is -0.133. The van der Waals surface area contributed by atoms with Crippen LogP contribution in [-0.2, 0) is 4.74 Å². The highest BCUT2D eigenvalue weighted by molar-refractivity contribution is 6.83. The van der Waals surface area contributed by atoms with Crippen LogP contribution in [0, 0.1) is 17.3 Å². The molecule has 0 N–H and O–H groups in total. The van der Waals surface area contributed by atoms with Crippen LogP contribution in [0.15, 0.2) is 36.7 Å². The number of alkyl halides is 2. The van der Waals surface area contributed by atoms with Crippen LogP contribution >= 0.6 is 0 Å². The van der Waals surface area contributed by atoms with Gasteiger partial charge in [0.15, 0.2) is 23.1 Å². The maximum absolute atomic E-state index is 15.0. The number of hydrogen-bond donors (Lipinski definition) is 0. The average Bonchev–Trinajstić information content (AvgIpc) is 2.76. The molecular formula is C23H23F3N2O4Si. The van der Waals surface area contributed by atoms with Crippen molar-refractivity contribution >= 4 is 19.0 Å². The van der Waals surface area contributed by atoms with Crippen molar-refractivity contribution < 1.29 is 32.1 Å². The van der Waals surface area contributed by atoms with E-state index in [1.807, 2.05) is 0 Å². The maximum Gasteiger partial charge on any atom is 0.345 e. The predicted octanol–water partition coefficient (Wildman–Crippen LogP) is 5.42. The molecule has 0 radical (unpaired) electrons. The van der Waals surface area contributed by atoms with Gasteiger partial charge in [-0.15, -0.1) is 5.54 Å². The average molecular weight is 477 g/mol. The number of fused-ring (bicyclic) bond motifs is 1. The summed E-state index contributed by atoms with van der Waals surface area (Å²) in [5.74, 6) is 2.93. The molecule has 0 spiro atoms. The Balaban J connectivity index is 1.94. The first kappa shape index (κ1) is 24.4. The van der Waals surface area contributed by atoms with Gasteiger partial charge in [0.2, 0.25) is 5.88 Å². The number of aromatic nitrogens is 2. The van der Waals surface area contributed by atoms with Crippen LogP contribution in [0.3, 0.4) is 0 Å². The fraction of sp³-hybridized carbons (Fsp3) is 0.304. The molecule has 174 valence electrons. The van der Waals surface area contributed by atoms with Crippen LogP contribution in [0.4, 0.5) is 13.2 Å². The van der Waals surface area contributed by atoms with E-state index in [-0.39, 0.29) is 36.2 Å². The van der Waals surface area contributed by atoms with Gasteiger partial charge in [0.25, 0.3) is 0 Å². The van der Waals surface area contributed by atoms with Crippen LogP contribution < -0.4 is 14.2 Å². The number of methoxy groups -OCH3 is 1. The van der Waals surface area contributed by atoms with Crippen LogP contribution in [0.1, 0.15) is 5.56 Å². The van der Waals surface area contributed by atoms with Gasteiger partial charge in [0.1, 0.15) is 21.0 Å². The van der Waals surface area contributed by atoms with Gasteiger partial charge >= 0.3 is 6.61 Å². The molecule has 2 aromatic carbocycles. The number of benzene rings is 2. The van der Waals surface area contributed by atoms with Crippen LogP contribution in [0.25, 0.3) is 10.9 Å². The highest BCUT2D eigenvalue weighted by Crippen LogP contribution is 2.36. The van der Waals surface area contributed by atoms with Crippen molar-refractivity contribution in [2.45, 2.75) is 26.3 Å². The number of halogens is 3. The summed E-state index contributed by atoms with van der Waals surface area (Å²) in [6.07, 6.45) is 1.28. The number of ether oxygens (including phenoxy) is 4. The minimum Gasteiger partial charge on any atom is -0.493 e. The van der Waals surface area contributed by atoms with Gasteiger partial charge in [-0.25, -0.2) is 14.4 Å². The summed E-state index contributed by atoms with van der Waals surface area (Å²) in [4.78, 5) is 8.31. The lowest BCUT2D eigenvalue weighted by Crippen LogP contribution is -2.16. The Morgan fingerprint density at radius 3 is 2.52 bits per heavy atom. The standard InChI is InChI=1S/C23H23F3N2O4Si/c1-29-19-13-17-16(12-20(19)30-9-10-31-23(25)26)22(28-14-27-17)32-18-7-5-6-15(21(18)24)8-11-33(2,3)4/h5-7,12-14,23H,9-10H2,1-4H3. The Kier molecular flexibility index (Phi) is 7.78. The summed E-state index contributed by atoms with van der Waals surface area (Å²) in [5, 5.41) is 0.418. The molecule has 10 heteroatoms. The van der Waals surface area contributed by atoms with Crippen LogP contribution in [0.2, 0.25) is 19.6 Å². The highest BCUT2D eigenvalue weighted by atomic mass is 28.3. The molecular weight excluding hydrogens is 453 g/mol. The third-order valence-corrected chi connectivity index (χ3v) is 5.09. The molecule has 0 saturated carbocycles. The van der Waals surface area contributed by atoms with Crippen LogP contribution in [-0.4, -0.2) is 45.0 Å². The summed E-state index contributed by atoms with van der Waals surface area (Å²) in [5.41, 5.74) is 3.83. The van der Waals surface area contributed by atoms with E-state index < -0.39 is 20.5 Å². The van der Waals surface area contributed by atoms with Crippen molar-refractivity contribution in [2.24, 2.45) is 0 Å². The molecule has 33 heavy (non-hydrogen) atoms. The van der Waals surface area contributed by atoms with Gasteiger partial charge in [-0.05, 0) is 18.2 Å². The molecule has 0 unspecified atom stereocenters. The molecule has 0 aliphatic rings. The van der Waals surface area contributed by atoms with E-state index in [4.69, 9.17) is 14.2 Å². The van der Waals surface area contributed by atoms with Gasteiger partial charge in [-0.1, -0.05) is 31.6 Å². The van der Waals surface area contributed by atoms with Crippen molar-refractivity contribution in [1.29, 1.82) is 0 Å². The molecule has 1 aromatic heterocycles. The van der Waals surface area contributed by atoms with Gasteiger partial charge in [0, 0.05) is 6.07 Å². The molecule has 0 atom stereocenters. The Morgan fingerprint density at radius 2 is 1.82 bits per heavy atom. The molecule has 0 saturated heterocycles. The van der Waals surface area contributed by atoms with E-state index in [9.17, 15) is 8.78 Å². The number of hydrogen-bond acceptors (Lipinski definition) is 6. The third kappa shape index (κ3) is 6.60. The first-order chi connectivity index (χ1) is 15.7. The fourth-order valence-electron chi connectivity index (χ4n) is 2.73. The zero-order valence-corrected chi connectivity index (χ0v) is 19.6. The smallest absolute Gasteiger partial charge is 0.345 e. The molecule has 6 nitrogen and oxygen atoms in total. The Bertz CT molecular complexity index is 1190. The SMILES string of the molecule is COc1cc2ncnc(Oc3cccc(C#C[Si](C)(C)C)c3F)c2cc1OCCOC(F)F.